The quantitative estimate of drug-likeness (QED) is 0.611. The average Bonchev–Trinajstić information content (AvgIpc) is 2.85. The highest BCUT2D eigenvalue weighted by Crippen LogP contribution is 2.16. The summed E-state index contributed by atoms with van der Waals surface area (Å²) < 4.78 is 7.81. The summed E-state index contributed by atoms with van der Waals surface area (Å²) in [7, 11) is 4.00. The van der Waals surface area contributed by atoms with Gasteiger partial charge in [0, 0.05) is 31.9 Å². The maximum Gasteiger partial charge on any atom is 0.194 e. The minimum absolute atomic E-state index is 0.608. The Morgan fingerprint density at radius 2 is 2.00 bits per heavy atom. The minimum Gasteiger partial charge on any atom is -0.491 e. The lowest BCUT2D eigenvalue weighted by atomic mass is 10.2. The molecule has 2 aromatic rings. The summed E-state index contributed by atoms with van der Waals surface area (Å²) in [5.41, 5.74) is 4.54. The summed E-state index contributed by atoms with van der Waals surface area (Å²) in [5, 5.41) is 7.82. The van der Waals surface area contributed by atoms with Gasteiger partial charge in [0.15, 0.2) is 5.96 Å². The summed E-state index contributed by atoms with van der Waals surface area (Å²) in [5.74, 6) is 1.81. The van der Waals surface area contributed by atoms with Crippen LogP contribution in [0.25, 0.3) is 0 Å². The monoisotopic (exact) mass is 357 g/mol. The molecule has 6 heteroatoms. The highest BCUT2D eigenvalue weighted by atomic mass is 16.5. The van der Waals surface area contributed by atoms with Gasteiger partial charge in [0.05, 0.1) is 18.8 Å². The van der Waals surface area contributed by atoms with E-state index < -0.39 is 0 Å². The molecule has 0 aliphatic heterocycles. The molecule has 0 unspecified atom stereocenters. The number of benzene rings is 1. The number of aryl methyl sites for hydroxylation is 3. The van der Waals surface area contributed by atoms with Crippen molar-refractivity contribution >= 4 is 5.96 Å². The Kier molecular flexibility index (Phi) is 7.06. The Hall–Kier alpha value is -2.50. The smallest absolute Gasteiger partial charge is 0.194 e. The number of guanidine groups is 1. The normalized spacial score (nSPS) is 11.5. The summed E-state index contributed by atoms with van der Waals surface area (Å²) in [6.07, 6.45) is 0. The zero-order valence-electron chi connectivity index (χ0n) is 16.8. The molecule has 142 valence electrons. The number of likely N-dealkylation sites (N-methyl/N-ethyl adjacent to an activating group) is 1. The van der Waals surface area contributed by atoms with Gasteiger partial charge in [-0.2, -0.15) is 5.10 Å². The van der Waals surface area contributed by atoms with Gasteiger partial charge in [-0.05, 0) is 39.3 Å². The average molecular weight is 358 g/mol. The van der Waals surface area contributed by atoms with Crippen LogP contribution in [0, 0.1) is 20.8 Å². The van der Waals surface area contributed by atoms with Crippen LogP contribution in [-0.4, -0.2) is 47.4 Å². The van der Waals surface area contributed by atoms with Gasteiger partial charge >= 0.3 is 0 Å². The van der Waals surface area contributed by atoms with Gasteiger partial charge in [-0.1, -0.05) is 18.2 Å². The highest BCUT2D eigenvalue weighted by Gasteiger charge is 2.11. The van der Waals surface area contributed by atoms with Crippen molar-refractivity contribution in [1.82, 2.24) is 20.0 Å². The fraction of sp³-hybridized carbons (Fsp3) is 0.500. The van der Waals surface area contributed by atoms with E-state index in [0.717, 1.165) is 41.7 Å². The molecule has 0 radical (unpaired) electrons. The first kappa shape index (κ1) is 19.8. The summed E-state index contributed by atoms with van der Waals surface area (Å²) in [6.45, 7) is 11.1. The maximum atomic E-state index is 5.90. The molecule has 1 aromatic heterocycles. The lowest BCUT2D eigenvalue weighted by Crippen LogP contribution is -2.40. The molecule has 0 aliphatic rings. The number of para-hydroxylation sites is 1. The molecule has 0 atom stereocenters. The molecule has 1 aromatic carbocycles. The summed E-state index contributed by atoms with van der Waals surface area (Å²) in [6, 6.07) is 8.08. The molecule has 0 bridgehead atoms. The predicted octanol–water partition coefficient (Wildman–Crippen LogP) is 2.82. The van der Waals surface area contributed by atoms with Gasteiger partial charge in [0.25, 0.3) is 0 Å². The Balaban J connectivity index is 1.97. The molecule has 0 fully saturated rings. The molecule has 1 heterocycles. The van der Waals surface area contributed by atoms with Gasteiger partial charge in [-0.3, -0.25) is 4.68 Å². The van der Waals surface area contributed by atoms with Crippen molar-refractivity contribution in [1.29, 1.82) is 0 Å². The zero-order chi connectivity index (χ0) is 19.1. The Bertz CT molecular complexity index is 751. The number of hydrogen-bond acceptors (Lipinski definition) is 3. The van der Waals surface area contributed by atoms with Gasteiger partial charge in [-0.25, -0.2) is 4.99 Å². The minimum atomic E-state index is 0.608. The van der Waals surface area contributed by atoms with E-state index in [1.807, 2.05) is 43.9 Å². The molecular weight excluding hydrogens is 326 g/mol. The van der Waals surface area contributed by atoms with Crippen molar-refractivity contribution in [2.24, 2.45) is 12.0 Å². The molecule has 2 rings (SSSR count). The molecule has 0 saturated carbocycles. The summed E-state index contributed by atoms with van der Waals surface area (Å²) >= 11 is 0. The van der Waals surface area contributed by atoms with Crippen molar-refractivity contribution in [3.8, 4) is 5.75 Å². The van der Waals surface area contributed by atoms with Crippen LogP contribution in [0.3, 0.4) is 0 Å². The van der Waals surface area contributed by atoms with Crippen molar-refractivity contribution in [2.75, 3.05) is 26.7 Å². The summed E-state index contributed by atoms with van der Waals surface area (Å²) in [4.78, 5) is 6.88. The largest absolute Gasteiger partial charge is 0.491 e. The number of aliphatic imine (C=N–C) groups is 1. The van der Waals surface area contributed by atoms with E-state index in [1.165, 1.54) is 5.56 Å². The van der Waals surface area contributed by atoms with Crippen LogP contribution in [0.5, 0.6) is 5.75 Å². The SMILES string of the molecule is CCNC(=NCc1c(C)nn(C)c1C)N(C)CCOc1ccccc1C. The van der Waals surface area contributed by atoms with Crippen molar-refractivity contribution in [3.05, 3.63) is 46.8 Å². The topological polar surface area (TPSA) is 54.7 Å². The number of rotatable bonds is 7. The Morgan fingerprint density at radius 3 is 2.62 bits per heavy atom. The van der Waals surface area contributed by atoms with E-state index >= 15 is 0 Å². The zero-order valence-corrected chi connectivity index (χ0v) is 16.8. The van der Waals surface area contributed by atoms with Crippen LogP contribution in [0.1, 0.15) is 29.4 Å². The van der Waals surface area contributed by atoms with E-state index in [0.29, 0.717) is 13.2 Å². The molecule has 1 N–H and O–H groups in total. The third-order valence-electron chi connectivity index (χ3n) is 4.52. The third-order valence-corrected chi connectivity index (χ3v) is 4.52. The first-order valence-corrected chi connectivity index (χ1v) is 9.11. The van der Waals surface area contributed by atoms with Crippen LogP contribution in [-0.2, 0) is 13.6 Å². The fourth-order valence-corrected chi connectivity index (χ4v) is 2.79. The lowest BCUT2D eigenvalue weighted by molar-refractivity contribution is 0.280. The molecular formula is C20H31N5O. The van der Waals surface area contributed by atoms with Crippen molar-refractivity contribution in [3.63, 3.8) is 0 Å². The molecule has 0 saturated heterocycles. The second-order valence-corrected chi connectivity index (χ2v) is 6.48. The number of nitrogens with zero attached hydrogens (tertiary/aromatic N) is 4. The number of ether oxygens (including phenoxy) is 1. The molecule has 26 heavy (non-hydrogen) atoms. The van der Waals surface area contributed by atoms with Crippen molar-refractivity contribution in [2.45, 2.75) is 34.2 Å². The Labute approximate surface area is 156 Å². The van der Waals surface area contributed by atoms with Gasteiger partial charge in [0.2, 0.25) is 0 Å². The second-order valence-electron chi connectivity index (χ2n) is 6.48. The molecule has 0 aliphatic carbocycles. The highest BCUT2D eigenvalue weighted by molar-refractivity contribution is 5.79. The van der Waals surface area contributed by atoms with Crippen LogP contribution >= 0.6 is 0 Å². The van der Waals surface area contributed by atoms with Crippen LogP contribution in [0.4, 0.5) is 0 Å². The fourth-order valence-electron chi connectivity index (χ4n) is 2.79. The predicted molar refractivity (Wildman–Crippen MR) is 107 cm³/mol. The third kappa shape index (κ3) is 5.00. The van der Waals surface area contributed by atoms with Crippen LogP contribution < -0.4 is 10.1 Å². The van der Waals surface area contributed by atoms with Crippen molar-refractivity contribution < 1.29 is 4.74 Å². The van der Waals surface area contributed by atoms with Crippen LogP contribution in [0.15, 0.2) is 29.3 Å². The van der Waals surface area contributed by atoms with E-state index in [1.54, 1.807) is 0 Å². The molecule has 0 spiro atoms. The van der Waals surface area contributed by atoms with E-state index in [2.05, 4.69) is 42.2 Å². The first-order chi connectivity index (χ1) is 12.4. The van der Waals surface area contributed by atoms with E-state index in [4.69, 9.17) is 9.73 Å². The molecule has 0 amide bonds. The number of nitrogens with one attached hydrogen (secondary N) is 1. The van der Waals surface area contributed by atoms with E-state index in [-0.39, 0.29) is 0 Å². The van der Waals surface area contributed by atoms with Gasteiger partial charge in [-0.15, -0.1) is 0 Å². The van der Waals surface area contributed by atoms with Crippen LogP contribution in [0.2, 0.25) is 0 Å². The van der Waals surface area contributed by atoms with E-state index in [9.17, 15) is 0 Å². The first-order valence-electron chi connectivity index (χ1n) is 9.11. The standard InChI is InChI=1S/C20H31N5O/c1-7-21-20(22-14-18-16(3)23-25(6)17(18)4)24(5)12-13-26-19-11-9-8-10-15(19)2/h8-11H,7,12-14H2,1-6H3,(H,21,22). The Morgan fingerprint density at radius 1 is 1.27 bits per heavy atom. The lowest BCUT2D eigenvalue weighted by Gasteiger charge is -2.22. The maximum absolute atomic E-state index is 5.90. The number of aromatic nitrogens is 2. The molecule has 6 nitrogen and oxygen atoms in total. The number of hydrogen-bond donors (Lipinski definition) is 1. The second kappa shape index (κ2) is 9.27. The van der Waals surface area contributed by atoms with Gasteiger partial charge < -0.3 is 15.0 Å². The van der Waals surface area contributed by atoms with Gasteiger partial charge in [0.1, 0.15) is 12.4 Å².